The first kappa shape index (κ1) is 57.7. The molecule has 0 rings (SSSR count). The molecule has 0 amide bonds. The van der Waals surface area contributed by atoms with E-state index in [2.05, 4.69) is 98.9 Å². The standard InChI is InChI=1S/C51H90NO7P/c1-6-8-10-12-14-16-18-20-22-24-26-27-29-31-33-35-37-39-41-43-46-56-48-50(49-58-60(54,55)57-47-45-52(3,4)5)59-51(53)44-42-40-38-36-34-32-30-28-25-23-21-19-17-15-13-11-9-7-2/h8,10,14,16,20,22-23,25-27,31,33,37,39,50H,6-7,9,11-13,15,17-19,21,24,28-30,32,34-36,38,40-49H2,1-5H3/b10-8-,16-14-,22-20-,25-23-,27-26-,33-31-,39-37-. The predicted molar refractivity (Wildman–Crippen MR) is 254 cm³/mol. The zero-order chi connectivity index (χ0) is 44.1. The summed E-state index contributed by atoms with van der Waals surface area (Å²) in [6.07, 6.45) is 57.6. The van der Waals surface area contributed by atoms with Gasteiger partial charge >= 0.3 is 5.97 Å². The molecule has 0 saturated heterocycles. The maximum atomic E-state index is 12.7. The molecular formula is C51H90NO7P. The molecule has 0 fully saturated rings. The lowest BCUT2D eigenvalue weighted by Crippen LogP contribution is -2.37. The van der Waals surface area contributed by atoms with Crippen LogP contribution in [0.5, 0.6) is 0 Å². The molecule has 0 spiro atoms. The molecule has 0 heterocycles. The smallest absolute Gasteiger partial charge is 0.306 e. The van der Waals surface area contributed by atoms with E-state index in [0.29, 0.717) is 17.6 Å². The van der Waals surface area contributed by atoms with E-state index < -0.39 is 13.9 Å². The zero-order valence-corrected chi connectivity index (χ0v) is 40.0. The van der Waals surface area contributed by atoms with E-state index >= 15 is 0 Å². The average molecular weight is 860 g/mol. The Hall–Kier alpha value is -2.32. The number of nitrogens with zero attached hydrogens (tertiary/aromatic N) is 1. The van der Waals surface area contributed by atoms with Crippen molar-refractivity contribution >= 4 is 13.8 Å². The SMILES string of the molecule is CC/C=C\C/C=C\C/C=C\C/C=C\C/C=C\C/C=C\CCCOCC(COP(=O)([O-])OCC[N+](C)(C)C)OC(=O)CCCCCCCCC/C=C\CCCCCCCCC. The van der Waals surface area contributed by atoms with Crippen LogP contribution < -0.4 is 4.89 Å². The van der Waals surface area contributed by atoms with Crippen molar-refractivity contribution in [3.05, 3.63) is 85.1 Å². The highest BCUT2D eigenvalue weighted by Crippen LogP contribution is 2.38. The molecule has 60 heavy (non-hydrogen) atoms. The molecule has 0 aliphatic heterocycles. The average Bonchev–Trinajstić information content (AvgIpc) is 3.20. The van der Waals surface area contributed by atoms with Crippen LogP contribution in [0.15, 0.2) is 85.1 Å². The minimum Gasteiger partial charge on any atom is -0.756 e. The number of likely N-dealkylation sites (N-methyl/N-ethyl adjacent to an activating group) is 1. The van der Waals surface area contributed by atoms with Gasteiger partial charge in [-0.2, -0.15) is 0 Å². The van der Waals surface area contributed by atoms with Gasteiger partial charge in [-0.25, -0.2) is 0 Å². The van der Waals surface area contributed by atoms with Crippen LogP contribution in [0.1, 0.15) is 174 Å². The molecule has 0 aromatic rings. The summed E-state index contributed by atoms with van der Waals surface area (Å²) in [5, 5.41) is 0. The molecule has 0 aromatic carbocycles. The summed E-state index contributed by atoms with van der Waals surface area (Å²) in [6, 6.07) is 0. The quantitative estimate of drug-likeness (QED) is 0.0198. The highest BCUT2D eigenvalue weighted by atomic mass is 31.2. The normalized spacial score (nSPS) is 14.4. The van der Waals surface area contributed by atoms with Crippen molar-refractivity contribution in [1.29, 1.82) is 0 Å². The van der Waals surface area contributed by atoms with E-state index in [4.69, 9.17) is 18.5 Å². The number of esters is 1. The van der Waals surface area contributed by atoms with Gasteiger partial charge in [0.2, 0.25) is 0 Å². The van der Waals surface area contributed by atoms with Gasteiger partial charge in [0.25, 0.3) is 7.82 Å². The van der Waals surface area contributed by atoms with Crippen LogP contribution in [-0.4, -0.2) is 70.7 Å². The summed E-state index contributed by atoms with van der Waals surface area (Å²) in [7, 11) is 1.30. The van der Waals surface area contributed by atoms with E-state index in [9.17, 15) is 14.3 Å². The van der Waals surface area contributed by atoms with E-state index in [-0.39, 0.29) is 32.2 Å². The summed E-state index contributed by atoms with van der Waals surface area (Å²) in [5.74, 6) is -0.361. The fourth-order valence-electron chi connectivity index (χ4n) is 6.03. The number of allylic oxidation sites excluding steroid dienone is 14. The molecule has 0 bridgehead atoms. The van der Waals surface area contributed by atoms with E-state index in [0.717, 1.165) is 70.6 Å². The second-order valence-corrected chi connectivity index (χ2v) is 18.1. The van der Waals surface area contributed by atoms with Gasteiger partial charge in [0.1, 0.15) is 19.3 Å². The number of hydrogen-bond donors (Lipinski definition) is 0. The second-order valence-electron chi connectivity index (χ2n) is 16.7. The summed E-state index contributed by atoms with van der Waals surface area (Å²) in [5.41, 5.74) is 0. The summed E-state index contributed by atoms with van der Waals surface area (Å²) < 4.78 is 34.6. The third-order valence-electron chi connectivity index (χ3n) is 9.68. The van der Waals surface area contributed by atoms with Crippen LogP contribution in [-0.2, 0) is 27.9 Å². The Morgan fingerprint density at radius 3 is 1.47 bits per heavy atom. The third kappa shape index (κ3) is 46.7. The first-order valence-electron chi connectivity index (χ1n) is 23.8. The summed E-state index contributed by atoms with van der Waals surface area (Å²) in [4.78, 5) is 25.1. The Morgan fingerprint density at radius 2 is 0.967 bits per heavy atom. The summed E-state index contributed by atoms with van der Waals surface area (Å²) in [6.45, 7) is 5.12. The molecule has 2 atom stereocenters. The minimum absolute atomic E-state index is 0.0102. The molecule has 9 heteroatoms. The van der Waals surface area contributed by atoms with E-state index in [1.807, 2.05) is 21.1 Å². The van der Waals surface area contributed by atoms with Crippen molar-refractivity contribution in [2.75, 3.05) is 54.1 Å². The lowest BCUT2D eigenvalue weighted by atomic mass is 10.1. The van der Waals surface area contributed by atoms with Gasteiger partial charge in [0.15, 0.2) is 0 Å². The fourth-order valence-corrected chi connectivity index (χ4v) is 6.76. The third-order valence-corrected chi connectivity index (χ3v) is 10.6. The number of quaternary nitrogens is 1. The number of rotatable bonds is 43. The molecule has 346 valence electrons. The maximum absolute atomic E-state index is 12.7. The van der Waals surface area contributed by atoms with Gasteiger partial charge in [0.05, 0.1) is 34.4 Å². The number of phosphoric acid groups is 1. The monoisotopic (exact) mass is 860 g/mol. The molecule has 0 saturated carbocycles. The van der Waals surface area contributed by atoms with Crippen LogP contribution >= 0.6 is 7.82 Å². The predicted octanol–water partition coefficient (Wildman–Crippen LogP) is 13.8. The van der Waals surface area contributed by atoms with Gasteiger partial charge in [-0.05, 0) is 83.5 Å². The lowest BCUT2D eigenvalue weighted by molar-refractivity contribution is -0.870. The highest BCUT2D eigenvalue weighted by molar-refractivity contribution is 7.45. The number of unbranched alkanes of at least 4 members (excludes halogenated alkanes) is 15. The molecule has 2 unspecified atom stereocenters. The second kappa shape index (κ2) is 43.3. The molecule has 0 aliphatic rings. The van der Waals surface area contributed by atoms with Crippen molar-refractivity contribution in [2.24, 2.45) is 0 Å². The van der Waals surface area contributed by atoms with Crippen molar-refractivity contribution < 1.29 is 37.3 Å². The largest absolute Gasteiger partial charge is 0.756 e. The van der Waals surface area contributed by atoms with Crippen LogP contribution in [0.2, 0.25) is 0 Å². The van der Waals surface area contributed by atoms with Crippen LogP contribution in [0.4, 0.5) is 0 Å². The van der Waals surface area contributed by atoms with E-state index in [1.165, 1.54) is 83.5 Å². The van der Waals surface area contributed by atoms with Gasteiger partial charge in [0, 0.05) is 13.0 Å². The number of hydrogen-bond acceptors (Lipinski definition) is 7. The molecule has 0 radical (unpaired) electrons. The number of ether oxygens (including phenoxy) is 2. The zero-order valence-electron chi connectivity index (χ0n) is 39.1. The molecule has 0 aliphatic carbocycles. The van der Waals surface area contributed by atoms with Crippen molar-refractivity contribution in [2.45, 2.75) is 180 Å². The first-order chi connectivity index (χ1) is 29.1. The Morgan fingerprint density at radius 1 is 0.533 bits per heavy atom. The first-order valence-corrected chi connectivity index (χ1v) is 25.3. The van der Waals surface area contributed by atoms with Gasteiger partial charge in [-0.15, -0.1) is 0 Å². The molecule has 8 nitrogen and oxygen atoms in total. The Labute approximate surface area is 369 Å². The lowest BCUT2D eigenvalue weighted by Gasteiger charge is -2.28. The van der Waals surface area contributed by atoms with Crippen molar-refractivity contribution in [3.63, 3.8) is 0 Å². The number of carbonyl (C=O) groups excluding carboxylic acids is 1. The van der Waals surface area contributed by atoms with Crippen molar-refractivity contribution in [3.8, 4) is 0 Å². The topological polar surface area (TPSA) is 94.1 Å². The van der Waals surface area contributed by atoms with Gasteiger partial charge < -0.3 is 27.9 Å². The molecular weight excluding hydrogens is 770 g/mol. The fraction of sp³-hybridized carbons (Fsp3) is 0.706. The van der Waals surface area contributed by atoms with Crippen LogP contribution in [0.3, 0.4) is 0 Å². The molecule has 0 N–H and O–H groups in total. The van der Waals surface area contributed by atoms with Gasteiger partial charge in [-0.3, -0.25) is 9.36 Å². The Balaban J connectivity index is 4.33. The van der Waals surface area contributed by atoms with Crippen LogP contribution in [0, 0.1) is 0 Å². The van der Waals surface area contributed by atoms with E-state index in [1.54, 1.807) is 0 Å². The van der Waals surface area contributed by atoms with Crippen molar-refractivity contribution in [1.82, 2.24) is 0 Å². The Bertz CT molecular complexity index is 1230. The Kier molecular flexibility index (Phi) is 41.7. The highest BCUT2D eigenvalue weighted by Gasteiger charge is 2.20. The number of carbonyl (C=O) groups is 1. The molecule has 0 aromatic heterocycles. The maximum Gasteiger partial charge on any atom is 0.306 e. The van der Waals surface area contributed by atoms with Gasteiger partial charge in [-0.1, -0.05) is 170 Å². The summed E-state index contributed by atoms with van der Waals surface area (Å²) >= 11 is 0. The number of phosphoric ester groups is 1. The minimum atomic E-state index is -4.55. The van der Waals surface area contributed by atoms with Crippen LogP contribution in [0.25, 0.3) is 0 Å².